The number of hydrogen-bond acceptors (Lipinski definition) is 5. The highest BCUT2D eigenvalue weighted by Gasteiger charge is 2.57. The number of nitrogens with zero attached hydrogens (tertiary/aromatic N) is 3. The second-order valence-electron chi connectivity index (χ2n) is 5.86. The highest BCUT2D eigenvalue weighted by molar-refractivity contribution is 6.00. The maximum Gasteiger partial charge on any atom is 0.419 e. The first-order valence-corrected chi connectivity index (χ1v) is 7.00. The standard InChI is InChI=1S/C14H16F3N3O4/c1-18(2)11-4-3-9(20(23)24)7-10(11)12(21)19-6-5-13(22,8-19)14(15,16)17/h3-4,7,22H,5-6,8H2,1-2H3. The average molecular weight is 347 g/mol. The lowest BCUT2D eigenvalue weighted by Gasteiger charge is -2.26. The van der Waals surface area contributed by atoms with E-state index in [2.05, 4.69) is 0 Å². The van der Waals surface area contributed by atoms with Crippen LogP contribution in [0.15, 0.2) is 18.2 Å². The molecule has 7 nitrogen and oxygen atoms in total. The maximum absolute atomic E-state index is 12.9. The highest BCUT2D eigenvalue weighted by Crippen LogP contribution is 2.38. The van der Waals surface area contributed by atoms with Crippen molar-refractivity contribution in [3.8, 4) is 0 Å². The van der Waals surface area contributed by atoms with Gasteiger partial charge in [0, 0.05) is 44.9 Å². The molecule has 1 aliphatic rings. The highest BCUT2D eigenvalue weighted by atomic mass is 19.4. The first-order chi connectivity index (χ1) is 11.0. The number of carbonyl (C=O) groups excluding carboxylic acids is 1. The fraction of sp³-hybridized carbons (Fsp3) is 0.500. The Labute approximate surface area is 135 Å². The Kier molecular flexibility index (Phi) is 4.44. The van der Waals surface area contributed by atoms with Gasteiger partial charge in [0.2, 0.25) is 0 Å². The summed E-state index contributed by atoms with van der Waals surface area (Å²) in [5.41, 5.74) is -3.04. The van der Waals surface area contributed by atoms with Gasteiger partial charge in [-0.05, 0) is 6.07 Å². The van der Waals surface area contributed by atoms with Gasteiger partial charge >= 0.3 is 6.18 Å². The van der Waals surface area contributed by atoms with Crippen LogP contribution in [0.25, 0.3) is 0 Å². The summed E-state index contributed by atoms with van der Waals surface area (Å²) in [4.78, 5) is 25.2. The minimum Gasteiger partial charge on any atom is -0.379 e. The van der Waals surface area contributed by atoms with E-state index in [1.807, 2.05) is 0 Å². The molecular weight excluding hydrogens is 331 g/mol. The molecule has 24 heavy (non-hydrogen) atoms. The van der Waals surface area contributed by atoms with Crippen molar-refractivity contribution in [2.75, 3.05) is 32.1 Å². The number of carbonyl (C=O) groups is 1. The SMILES string of the molecule is CN(C)c1ccc([N+](=O)[O-])cc1C(=O)N1CCC(O)(C(F)(F)F)C1. The molecule has 1 fully saturated rings. The average Bonchev–Trinajstić information content (AvgIpc) is 2.89. The smallest absolute Gasteiger partial charge is 0.379 e. The third-order valence-electron chi connectivity index (χ3n) is 3.97. The van der Waals surface area contributed by atoms with Gasteiger partial charge < -0.3 is 14.9 Å². The fourth-order valence-corrected chi connectivity index (χ4v) is 2.57. The molecule has 0 spiro atoms. The molecule has 1 atom stereocenters. The van der Waals surface area contributed by atoms with E-state index in [0.717, 1.165) is 11.0 Å². The largest absolute Gasteiger partial charge is 0.419 e. The molecule has 2 rings (SSSR count). The van der Waals surface area contributed by atoms with E-state index in [0.29, 0.717) is 5.69 Å². The maximum atomic E-state index is 12.9. The first kappa shape index (κ1) is 18.0. The van der Waals surface area contributed by atoms with Crippen LogP contribution in [-0.2, 0) is 0 Å². The molecule has 0 aliphatic carbocycles. The number of nitro benzene ring substituents is 1. The van der Waals surface area contributed by atoms with Crippen molar-refractivity contribution >= 4 is 17.3 Å². The van der Waals surface area contributed by atoms with Crippen LogP contribution in [0.5, 0.6) is 0 Å². The number of amides is 1. The van der Waals surface area contributed by atoms with Crippen LogP contribution in [0.3, 0.4) is 0 Å². The fourth-order valence-electron chi connectivity index (χ4n) is 2.57. The van der Waals surface area contributed by atoms with Gasteiger partial charge in [-0.15, -0.1) is 0 Å². The van der Waals surface area contributed by atoms with Crippen LogP contribution in [0.2, 0.25) is 0 Å². The quantitative estimate of drug-likeness (QED) is 0.665. The van der Waals surface area contributed by atoms with Gasteiger partial charge in [-0.25, -0.2) is 0 Å². The monoisotopic (exact) mass is 347 g/mol. The molecule has 1 aromatic rings. The minimum atomic E-state index is -4.85. The van der Waals surface area contributed by atoms with E-state index >= 15 is 0 Å². The second-order valence-corrected chi connectivity index (χ2v) is 5.86. The van der Waals surface area contributed by atoms with Crippen molar-refractivity contribution < 1.29 is 28.0 Å². The summed E-state index contributed by atoms with van der Waals surface area (Å²) in [7, 11) is 3.21. The summed E-state index contributed by atoms with van der Waals surface area (Å²) < 4.78 is 38.6. The van der Waals surface area contributed by atoms with Crippen LogP contribution in [0, 0.1) is 10.1 Å². The number of aliphatic hydroxyl groups is 1. The van der Waals surface area contributed by atoms with Gasteiger partial charge in [0.1, 0.15) is 0 Å². The van der Waals surface area contributed by atoms with Crippen LogP contribution in [-0.4, -0.2) is 59.8 Å². The van der Waals surface area contributed by atoms with E-state index in [4.69, 9.17) is 0 Å². The number of non-ortho nitro benzene ring substituents is 1. The Morgan fingerprint density at radius 1 is 1.42 bits per heavy atom. The van der Waals surface area contributed by atoms with Crippen LogP contribution in [0.4, 0.5) is 24.5 Å². The number of benzene rings is 1. The van der Waals surface area contributed by atoms with Crippen molar-refractivity contribution in [1.82, 2.24) is 4.90 Å². The van der Waals surface area contributed by atoms with Crippen molar-refractivity contribution in [2.24, 2.45) is 0 Å². The molecule has 0 radical (unpaired) electrons. The molecule has 1 unspecified atom stereocenters. The van der Waals surface area contributed by atoms with Crippen molar-refractivity contribution in [3.63, 3.8) is 0 Å². The summed E-state index contributed by atoms with van der Waals surface area (Å²) in [6.07, 6.45) is -5.48. The zero-order valence-electron chi connectivity index (χ0n) is 13.0. The lowest BCUT2D eigenvalue weighted by Crippen LogP contribution is -2.48. The van der Waals surface area contributed by atoms with E-state index in [-0.39, 0.29) is 17.8 Å². The minimum absolute atomic E-state index is 0.0828. The number of alkyl halides is 3. The molecule has 0 saturated carbocycles. The molecule has 1 aromatic carbocycles. The number of halogens is 3. The lowest BCUT2D eigenvalue weighted by atomic mass is 10.0. The first-order valence-electron chi connectivity index (χ1n) is 7.00. The van der Waals surface area contributed by atoms with Crippen LogP contribution < -0.4 is 4.90 Å². The van der Waals surface area contributed by atoms with Crippen molar-refractivity contribution in [3.05, 3.63) is 33.9 Å². The van der Waals surface area contributed by atoms with Crippen molar-refractivity contribution in [2.45, 2.75) is 18.2 Å². The number of hydrogen-bond donors (Lipinski definition) is 1. The predicted octanol–water partition coefficient (Wildman–Crippen LogP) is 1.80. The number of β-amino-alcohol motifs (C(OH)–C–C–N with tert-alkyl or cyclic N) is 1. The van der Waals surface area contributed by atoms with Gasteiger partial charge in [-0.3, -0.25) is 14.9 Å². The van der Waals surface area contributed by atoms with Crippen LogP contribution in [0.1, 0.15) is 16.8 Å². The Balaban J connectivity index is 2.36. The van der Waals surface area contributed by atoms with Crippen molar-refractivity contribution in [1.29, 1.82) is 0 Å². The van der Waals surface area contributed by atoms with Gasteiger partial charge in [0.25, 0.3) is 11.6 Å². The summed E-state index contributed by atoms with van der Waals surface area (Å²) >= 11 is 0. The lowest BCUT2D eigenvalue weighted by molar-refractivity contribution is -0.384. The number of nitro groups is 1. The molecule has 10 heteroatoms. The molecular formula is C14H16F3N3O4. The topological polar surface area (TPSA) is 86.9 Å². The number of anilines is 1. The summed E-state index contributed by atoms with van der Waals surface area (Å²) in [6.45, 7) is -1.19. The predicted molar refractivity (Wildman–Crippen MR) is 78.9 cm³/mol. The molecule has 1 aliphatic heterocycles. The number of likely N-dealkylation sites (tertiary alicyclic amines) is 1. The van der Waals surface area contributed by atoms with Gasteiger partial charge in [-0.2, -0.15) is 13.2 Å². The Morgan fingerprint density at radius 3 is 2.50 bits per heavy atom. The number of rotatable bonds is 3. The van der Waals surface area contributed by atoms with Crippen LogP contribution >= 0.6 is 0 Å². The molecule has 0 aromatic heterocycles. The Bertz CT molecular complexity index is 678. The molecule has 1 N–H and O–H groups in total. The zero-order chi connectivity index (χ0) is 18.3. The second kappa shape index (κ2) is 5.93. The van der Waals surface area contributed by atoms with E-state index in [1.54, 1.807) is 14.1 Å². The Hall–Kier alpha value is -2.36. The molecule has 1 amide bonds. The third-order valence-corrected chi connectivity index (χ3v) is 3.97. The normalized spacial score (nSPS) is 21.0. The summed E-state index contributed by atoms with van der Waals surface area (Å²) in [5.74, 6) is -0.789. The van der Waals surface area contributed by atoms with E-state index < -0.39 is 35.6 Å². The summed E-state index contributed by atoms with van der Waals surface area (Å²) in [5, 5.41) is 20.6. The van der Waals surface area contributed by atoms with E-state index in [1.165, 1.54) is 17.0 Å². The van der Waals surface area contributed by atoms with Gasteiger partial charge in [-0.1, -0.05) is 0 Å². The molecule has 0 bridgehead atoms. The zero-order valence-corrected chi connectivity index (χ0v) is 13.0. The van der Waals surface area contributed by atoms with E-state index in [9.17, 15) is 33.2 Å². The summed E-state index contributed by atoms with van der Waals surface area (Å²) in [6, 6.07) is 3.60. The van der Waals surface area contributed by atoms with Gasteiger partial charge in [0.15, 0.2) is 5.60 Å². The molecule has 132 valence electrons. The molecule has 1 saturated heterocycles. The van der Waals surface area contributed by atoms with Gasteiger partial charge in [0.05, 0.1) is 17.0 Å². The third kappa shape index (κ3) is 3.14. The molecule has 1 heterocycles. The Morgan fingerprint density at radius 2 is 2.04 bits per heavy atom.